The van der Waals surface area contributed by atoms with E-state index in [0.717, 1.165) is 18.5 Å². The van der Waals surface area contributed by atoms with Gasteiger partial charge in [0.15, 0.2) is 0 Å². The summed E-state index contributed by atoms with van der Waals surface area (Å²) < 4.78 is 0. The van der Waals surface area contributed by atoms with E-state index in [1.54, 1.807) is 0 Å². The van der Waals surface area contributed by atoms with Gasteiger partial charge >= 0.3 is 0 Å². The monoisotopic (exact) mass is 280 g/mol. The molecule has 3 saturated heterocycles. The Hall–Kier alpha value is -0.160. The zero-order valence-electron chi connectivity index (χ0n) is 13.4. The van der Waals surface area contributed by atoms with Gasteiger partial charge in [-0.2, -0.15) is 0 Å². The first-order chi connectivity index (χ1) is 9.69. The lowest BCUT2D eigenvalue weighted by atomic mass is 9.76. The highest BCUT2D eigenvalue weighted by Gasteiger charge is 2.49. The number of piperidine rings is 2. The molecule has 0 saturated carbocycles. The molecule has 3 rings (SSSR count). The van der Waals surface area contributed by atoms with Crippen LogP contribution in [0.5, 0.6) is 0 Å². The molecule has 0 spiro atoms. The van der Waals surface area contributed by atoms with E-state index < -0.39 is 0 Å². The molecule has 0 aromatic carbocycles. The second-order valence-corrected chi connectivity index (χ2v) is 7.12. The molecule has 4 nitrogen and oxygen atoms in total. The van der Waals surface area contributed by atoms with Crippen LogP contribution in [0, 0.1) is 5.92 Å². The molecule has 0 radical (unpaired) electrons. The van der Waals surface area contributed by atoms with E-state index in [1.165, 1.54) is 65.0 Å². The second kappa shape index (κ2) is 5.91. The smallest absolute Gasteiger partial charge is 0.0384 e. The summed E-state index contributed by atoms with van der Waals surface area (Å²) in [6.07, 6.45) is 5.28. The van der Waals surface area contributed by atoms with Gasteiger partial charge in [0.05, 0.1) is 0 Å². The standard InChI is InChI=1S/C16H32N4/c1-3-19-9-5-15(6-10-19)18(2)16(13-17)7-11-20-8-4-14(16)12-20/h14-15H,3-13,17H2,1-2H3. The van der Waals surface area contributed by atoms with Crippen LogP contribution in [0.2, 0.25) is 0 Å². The van der Waals surface area contributed by atoms with E-state index in [0.29, 0.717) is 0 Å². The lowest BCUT2D eigenvalue weighted by Gasteiger charge is -2.52. The van der Waals surface area contributed by atoms with Crippen LogP contribution in [0.1, 0.15) is 32.6 Å². The van der Waals surface area contributed by atoms with Gasteiger partial charge in [0.25, 0.3) is 0 Å². The van der Waals surface area contributed by atoms with Gasteiger partial charge in [0.1, 0.15) is 0 Å². The summed E-state index contributed by atoms with van der Waals surface area (Å²) >= 11 is 0. The summed E-state index contributed by atoms with van der Waals surface area (Å²) in [7, 11) is 2.37. The van der Waals surface area contributed by atoms with E-state index in [4.69, 9.17) is 5.73 Å². The Morgan fingerprint density at radius 2 is 1.90 bits per heavy atom. The minimum absolute atomic E-state index is 0.284. The fourth-order valence-corrected chi connectivity index (χ4v) is 4.89. The van der Waals surface area contributed by atoms with Gasteiger partial charge in [-0.15, -0.1) is 0 Å². The van der Waals surface area contributed by atoms with Crippen LogP contribution < -0.4 is 5.73 Å². The highest BCUT2D eigenvalue weighted by Crippen LogP contribution is 2.40. The number of nitrogens with two attached hydrogens (primary N) is 1. The minimum Gasteiger partial charge on any atom is -0.329 e. The lowest BCUT2D eigenvalue weighted by molar-refractivity contribution is -0.0201. The topological polar surface area (TPSA) is 35.7 Å². The Labute approximate surface area is 124 Å². The Bertz CT molecular complexity index is 326. The number of nitrogens with zero attached hydrogens (tertiary/aromatic N) is 3. The predicted octanol–water partition coefficient (Wildman–Crippen LogP) is 0.826. The van der Waals surface area contributed by atoms with Crippen LogP contribution in [0.25, 0.3) is 0 Å². The molecule has 2 bridgehead atoms. The molecule has 3 fully saturated rings. The van der Waals surface area contributed by atoms with Crippen LogP contribution >= 0.6 is 0 Å². The molecule has 2 N–H and O–H groups in total. The zero-order valence-corrected chi connectivity index (χ0v) is 13.4. The van der Waals surface area contributed by atoms with Gasteiger partial charge in [-0.1, -0.05) is 6.92 Å². The van der Waals surface area contributed by atoms with Crippen LogP contribution in [0.3, 0.4) is 0 Å². The van der Waals surface area contributed by atoms with Gasteiger partial charge in [-0.25, -0.2) is 0 Å². The predicted molar refractivity (Wildman–Crippen MR) is 83.8 cm³/mol. The van der Waals surface area contributed by atoms with Crippen molar-refractivity contribution in [2.75, 3.05) is 52.9 Å². The van der Waals surface area contributed by atoms with Crippen molar-refractivity contribution >= 4 is 0 Å². The molecule has 3 heterocycles. The van der Waals surface area contributed by atoms with Crippen molar-refractivity contribution in [3.8, 4) is 0 Å². The molecule has 3 unspecified atom stereocenters. The van der Waals surface area contributed by atoms with Crippen LogP contribution in [-0.2, 0) is 0 Å². The Balaban J connectivity index is 1.69. The zero-order chi connectivity index (χ0) is 14.2. The van der Waals surface area contributed by atoms with Crippen molar-refractivity contribution in [1.29, 1.82) is 0 Å². The third-order valence-electron chi connectivity index (χ3n) is 6.50. The Morgan fingerprint density at radius 1 is 1.15 bits per heavy atom. The lowest BCUT2D eigenvalue weighted by Crippen LogP contribution is -2.64. The molecule has 3 atom stereocenters. The van der Waals surface area contributed by atoms with E-state index in [1.807, 2.05) is 0 Å². The molecule has 0 aliphatic carbocycles. The minimum atomic E-state index is 0.284. The van der Waals surface area contributed by atoms with Crippen molar-refractivity contribution < 1.29 is 0 Å². The van der Waals surface area contributed by atoms with Gasteiger partial charge in [0.2, 0.25) is 0 Å². The number of likely N-dealkylation sites (N-methyl/N-ethyl adjacent to an activating group) is 1. The highest BCUT2D eigenvalue weighted by atomic mass is 15.3. The molecular weight excluding hydrogens is 248 g/mol. The molecule has 20 heavy (non-hydrogen) atoms. The molecule has 0 amide bonds. The third-order valence-corrected chi connectivity index (χ3v) is 6.50. The maximum Gasteiger partial charge on any atom is 0.0384 e. The van der Waals surface area contributed by atoms with Gasteiger partial charge in [-0.05, 0) is 71.4 Å². The summed E-state index contributed by atoms with van der Waals surface area (Å²) in [5, 5.41) is 0. The molecule has 3 aliphatic rings. The number of hydrogen-bond acceptors (Lipinski definition) is 4. The van der Waals surface area contributed by atoms with E-state index >= 15 is 0 Å². The first kappa shape index (κ1) is 14.8. The average Bonchev–Trinajstić information content (AvgIpc) is 2.91. The van der Waals surface area contributed by atoms with E-state index in [2.05, 4.69) is 28.7 Å². The van der Waals surface area contributed by atoms with E-state index in [9.17, 15) is 0 Å². The normalized spacial score (nSPS) is 39.6. The summed E-state index contributed by atoms with van der Waals surface area (Å²) in [6, 6.07) is 0.744. The van der Waals surface area contributed by atoms with Crippen molar-refractivity contribution in [1.82, 2.24) is 14.7 Å². The SMILES string of the molecule is CCN1CCC(N(C)C2(CN)CCN3CCC2C3)CC1. The van der Waals surface area contributed by atoms with Crippen molar-refractivity contribution in [2.24, 2.45) is 11.7 Å². The Kier molecular flexibility index (Phi) is 4.37. The fraction of sp³-hybridized carbons (Fsp3) is 1.00. The molecule has 3 aliphatic heterocycles. The summed E-state index contributed by atoms with van der Waals surface area (Å²) in [6.45, 7) is 10.7. The van der Waals surface area contributed by atoms with Gasteiger partial charge in [-0.3, -0.25) is 4.90 Å². The molecule has 116 valence electrons. The molecule has 4 heteroatoms. The van der Waals surface area contributed by atoms with E-state index in [-0.39, 0.29) is 5.54 Å². The van der Waals surface area contributed by atoms with Crippen molar-refractivity contribution in [2.45, 2.75) is 44.2 Å². The van der Waals surface area contributed by atoms with Crippen molar-refractivity contribution in [3.63, 3.8) is 0 Å². The van der Waals surface area contributed by atoms with Crippen LogP contribution in [-0.4, -0.2) is 79.1 Å². The first-order valence-electron chi connectivity index (χ1n) is 8.57. The molecular formula is C16H32N4. The summed E-state index contributed by atoms with van der Waals surface area (Å²) in [5.41, 5.74) is 6.60. The fourth-order valence-electron chi connectivity index (χ4n) is 4.89. The number of likely N-dealkylation sites (tertiary alicyclic amines) is 1. The summed E-state index contributed by atoms with van der Waals surface area (Å²) in [5.74, 6) is 0.801. The van der Waals surface area contributed by atoms with Gasteiger partial charge in [0, 0.05) is 24.7 Å². The van der Waals surface area contributed by atoms with Crippen LogP contribution in [0.15, 0.2) is 0 Å². The Morgan fingerprint density at radius 3 is 2.55 bits per heavy atom. The second-order valence-electron chi connectivity index (χ2n) is 7.12. The number of rotatable bonds is 4. The first-order valence-corrected chi connectivity index (χ1v) is 8.57. The van der Waals surface area contributed by atoms with Gasteiger partial charge < -0.3 is 15.5 Å². The third kappa shape index (κ3) is 2.41. The molecule has 0 aromatic heterocycles. The maximum absolute atomic E-state index is 6.31. The largest absolute Gasteiger partial charge is 0.329 e. The molecule has 0 aromatic rings. The average molecular weight is 280 g/mol. The summed E-state index contributed by atoms with van der Waals surface area (Å²) in [4.78, 5) is 7.93. The maximum atomic E-state index is 6.31. The highest BCUT2D eigenvalue weighted by molar-refractivity contribution is 5.06. The number of fused-ring (bicyclic) bond motifs is 2. The number of hydrogen-bond donors (Lipinski definition) is 1. The quantitative estimate of drug-likeness (QED) is 0.827. The van der Waals surface area contributed by atoms with Crippen molar-refractivity contribution in [3.05, 3.63) is 0 Å². The van der Waals surface area contributed by atoms with Crippen LogP contribution in [0.4, 0.5) is 0 Å².